The lowest BCUT2D eigenvalue weighted by molar-refractivity contribution is -0.147. The molecule has 240 valence electrons. The summed E-state index contributed by atoms with van der Waals surface area (Å²) in [6, 6.07) is 14.9. The Bertz CT molecular complexity index is 1220. The van der Waals surface area contributed by atoms with Crippen LogP contribution in [0.4, 0.5) is 0 Å². The molecule has 1 heterocycles. The van der Waals surface area contributed by atoms with Crippen LogP contribution in [-0.4, -0.2) is 90.1 Å². The summed E-state index contributed by atoms with van der Waals surface area (Å²) < 4.78 is 10.2. The minimum atomic E-state index is -1.12. The van der Waals surface area contributed by atoms with Crippen LogP contribution in [0.15, 0.2) is 54.6 Å². The van der Waals surface area contributed by atoms with Crippen LogP contribution < -0.4 is 15.8 Å². The van der Waals surface area contributed by atoms with Crippen LogP contribution in [-0.2, 0) is 36.9 Å². The Morgan fingerprint density at radius 3 is 2.41 bits per heavy atom. The van der Waals surface area contributed by atoms with E-state index >= 15 is 0 Å². The highest BCUT2D eigenvalue weighted by Gasteiger charge is 2.31. The van der Waals surface area contributed by atoms with Gasteiger partial charge in [-0.25, -0.2) is 0 Å². The summed E-state index contributed by atoms with van der Waals surface area (Å²) >= 11 is 0. The molecule has 0 saturated carbocycles. The quantitative estimate of drug-likeness (QED) is 0.193. The van der Waals surface area contributed by atoms with Gasteiger partial charge in [-0.3, -0.25) is 19.2 Å². The van der Waals surface area contributed by atoms with Crippen LogP contribution in [0, 0.1) is 0 Å². The highest BCUT2D eigenvalue weighted by Crippen LogP contribution is 2.18. The second-order valence-corrected chi connectivity index (χ2v) is 11.1. The predicted molar refractivity (Wildman–Crippen MR) is 165 cm³/mol. The van der Waals surface area contributed by atoms with Crippen molar-refractivity contribution >= 4 is 23.7 Å². The number of benzene rings is 2. The Morgan fingerprint density at radius 2 is 1.73 bits per heavy atom. The van der Waals surface area contributed by atoms with Crippen LogP contribution in [0.25, 0.3) is 0 Å². The number of carbonyl (C=O) groups is 4. The number of ether oxygens (including phenoxy) is 2. The molecule has 44 heavy (non-hydrogen) atoms. The van der Waals surface area contributed by atoms with Gasteiger partial charge in [0.1, 0.15) is 18.2 Å². The number of piperidine rings is 1. The summed E-state index contributed by atoms with van der Waals surface area (Å²) in [5, 5.41) is 13.8. The van der Waals surface area contributed by atoms with Crippen LogP contribution >= 0.6 is 0 Å². The summed E-state index contributed by atoms with van der Waals surface area (Å²) in [5.74, 6) is -1.39. The van der Waals surface area contributed by atoms with E-state index in [1.165, 1.54) is 4.90 Å². The number of hydrogen-bond donors (Lipinski definition) is 3. The number of aliphatic hydroxyl groups is 1. The van der Waals surface area contributed by atoms with Crippen LogP contribution in [0.1, 0.15) is 56.6 Å². The van der Waals surface area contributed by atoms with Gasteiger partial charge in [0.15, 0.2) is 0 Å². The number of nitrogens with zero attached hydrogens (tertiary/aromatic N) is 2. The molecule has 3 amide bonds. The van der Waals surface area contributed by atoms with E-state index in [2.05, 4.69) is 5.32 Å². The third-order valence-corrected chi connectivity index (χ3v) is 7.63. The molecular formula is C33H46N4O7. The Kier molecular flexibility index (Phi) is 14.1. The molecule has 4 N–H and O–H groups in total. The van der Waals surface area contributed by atoms with Crippen molar-refractivity contribution in [1.82, 2.24) is 15.1 Å². The average Bonchev–Trinajstić information content (AvgIpc) is 3.03. The summed E-state index contributed by atoms with van der Waals surface area (Å²) in [5.41, 5.74) is 8.07. The second kappa shape index (κ2) is 18.0. The number of nitrogens with two attached hydrogens (primary N) is 1. The molecule has 0 spiro atoms. The Hall–Kier alpha value is -3.96. The smallest absolute Gasteiger partial charge is 0.315 e. The van der Waals surface area contributed by atoms with Gasteiger partial charge in [0.25, 0.3) is 0 Å². The van der Waals surface area contributed by atoms with E-state index in [0.717, 1.165) is 30.4 Å². The van der Waals surface area contributed by atoms with E-state index in [9.17, 15) is 24.3 Å². The molecule has 11 heteroatoms. The number of likely N-dealkylation sites (tertiary alicyclic amines) is 1. The maximum absolute atomic E-state index is 14.1. The molecule has 0 unspecified atom stereocenters. The minimum absolute atomic E-state index is 0.0313. The Balaban J connectivity index is 1.82. The topological polar surface area (TPSA) is 152 Å². The number of esters is 1. The van der Waals surface area contributed by atoms with E-state index in [1.54, 1.807) is 37.1 Å². The lowest BCUT2D eigenvalue weighted by Gasteiger charge is -2.32. The molecule has 1 aliphatic rings. The van der Waals surface area contributed by atoms with Gasteiger partial charge in [-0.1, -0.05) is 42.5 Å². The summed E-state index contributed by atoms with van der Waals surface area (Å²) in [6.45, 7) is 3.07. The third-order valence-electron chi connectivity index (χ3n) is 7.63. The molecule has 1 saturated heterocycles. The van der Waals surface area contributed by atoms with E-state index in [0.29, 0.717) is 25.3 Å². The lowest BCUT2D eigenvalue weighted by Crippen LogP contribution is -2.53. The van der Waals surface area contributed by atoms with Crippen molar-refractivity contribution in [2.24, 2.45) is 5.73 Å². The van der Waals surface area contributed by atoms with Gasteiger partial charge in [-0.2, -0.15) is 0 Å². The number of carbonyl (C=O) groups excluding carboxylic acids is 4. The van der Waals surface area contributed by atoms with Crippen LogP contribution in [0.3, 0.4) is 0 Å². The molecule has 1 aliphatic heterocycles. The number of amides is 3. The van der Waals surface area contributed by atoms with Crippen LogP contribution in [0.2, 0.25) is 0 Å². The molecular weight excluding hydrogens is 564 g/mol. The van der Waals surface area contributed by atoms with Crippen molar-refractivity contribution in [2.45, 2.75) is 76.6 Å². The summed E-state index contributed by atoms with van der Waals surface area (Å²) in [4.78, 5) is 55.2. The van der Waals surface area contributed by atoms with E-state index < -0.39 is 42.4 Å². The third kappa shape index (κ3) is 11.3. The molecule has 2 aromatic rings. The maximum atomic E-state index is 14.1. The van der Waals surface area contributed by atoms with Gasteiger partial charge >= 0.3 is 5.97 Å². The van der Waals surface area contributed by atoms with Crippen LogP contribution in [0.5, 0.6) is 5.75 Å². The average molecular weight is 611 g/mol. The zero-order valence-electron chi connectivity index (χ0n) is 25.8. The Labute approximate surface area is 259 Å². The van der Waals surface area contributed by atoms with Gasteiger partial charge in [-0.05, 0) is 62.3 Å². The van der Waals surface area contributed by atoms with Gasteiger partial charge in [0, 0.05) is 38.6 Å². The number of hydrogen-bond acceptors (Lipinski definition) is 8. The lowest BCUT2D eigenvalue weighted by atomic mass is 10.0. The first kappa shape index (κ1) is 34.5. The highest BCUT2D eigenvalue weighted by molar-refractivity contribution is 5.97. The summed E-state index contributed by atoms with van der Waals surface area (Å²) in [6.07, 6.45) is 1.76. The molecule has 0 aromatic heterocycles. The number of rotatable bonds is 16. The van der Waals surface area contributed by atoms with Gasteiger partial charge in [0.05, 0.1) is 19.8 Å². The predicted octanol–water partition coefficient (Wildman–Crippen LogP) is 2.19. The number of aliphatic hydroxyl groups excluding tert-OH is 1. The molecule has 3 atom stereocenters. The first-order valence-corrected chi connectivity index (χ1v) is 15.3. The standard InChI is InChI=1S/C33H46N4O7/c1-3-44-32(41)21-30(39)35-28(15-16-31(40)36-17-8-5-9-18-36)33(42)37(22-25-13-10-14-26(19-25)43-2)23-29(38)27(34)20-24-11-6-4-7-12-24/h4,6-7,10-14,19,27-29,38H,3,5,8-9,15-18,20-23,34H2,1-2H3,(H,35,39)/t27-,28+,29+/m0/s1. The van der Waals surface area contributed by atoms with Gasteiger partial charge < -0.3 is 35.4 Å². The van der Waals surface area contributed by atoms with Crippen molar-refractivity contribution in [2.75, 3.05) is 33.4 Å². The Morgan fingerprint density at radius 1 is 1.02 bits per heavy atom. The second-order valence-electron chi connectivity index (χ2n) is 11.1. The van der Waals surface area contributed by atoms with Crippen molar-refractivity contribution in [1.29, 1.82) is 0 Å². The zero-order chi connectivity index (χ0) is 31.9. The molecule has 0 bridgehead atoms. The molecule has 1 fully saturated rings. The largest absolute Gasteiger partial charge is 0.497 e. The highest BCUT2D eigenvalue weighted by atomic mass is 16.5. The normalized spacial score (nSPS) is 15.0. The van der Waals surface area contributed by atoms with E-state index in [-0.39, 0.29) is 38.4 Å². The molecule has 3 rings (SSSR count). The molecule has 11 nitrogen and oxygen atoms in total. The van der Waals surface area contributed by atoms with E-state index in [4.69, 9.17) is 15.2 Å². The molecule has 2 aromatic carbocycles. The fourth-order valence-corrected chi connectivity index (χ4v) is 5.24. The fourth-order valence-electron chi connectivity index (χ4n) is 5.24. The fraction of sp³-hybridized carbons (Fsp3) is 0.515. The molecule has 0 radical (unpaired) electrons. The monoisotopic (exact) mass is 610 g/mol. The first-order chi connectivity index (χ1) is 21.2. The van der Waals surface area contributed by atoms with E-state index in [1.807, 2.05) is 36.4 Å². The SMILES string of the molecule is CCOC(=O)CC(=O)N[C@H](CCC(=O)N1CCCCC1)C(=O)N(Cc1cccc(OC)c1)C[C@@H](O)[C@@H](N)Cc1ccccc1. The molecule has 0 aliphatic carbocycles. The van der Waals surface area contributed by atoms with Gasteiger partial charge in [-0.15, -0.1) is 0 Å². The first-order valence-electron chi connectivity index (χ1n) is 15.3. The van der Waals surface area contributed by atoms with Crippen molar-refractivity contribution in [3.8, 4) is 5.75 Å². The van der Waals surface area contributed by atoms with Crippen molar-refractivity contribution in [3.05, 3.63) is 65.7 Å². The number of nitrogens with one attached hydrogen (secondary N) is 1. The summed E-state index contributed by atoms with van der Waals surface area (Å²) in [7, 11) is 1.54. The van der Waals surface area contributed by atoms with Crippen molar-refractivity contribution < 1.29 is 33.8 Å². The number of methoxy groups -OCH3 is 1. The zero-order valence-corrected chi connectivity index (χ0v) is 25.8. The minimum Gasteiger partial charge on any atom is -0.497 e. The van der Waals surface area contributed by atoms with Gasteiger partial charge in [0.2, 0.25) is 17.7 Å². The van der Waals surface area contributed by atoms with Crippen molar-refractivity contribution in [3.63, 3.8) is 0 Å². The maximum Gasteiger partial charge on any atom is 0.315 e.